The van der Waals surface area contributed by atoms with E-state index in [2.05, 4.69) is 16.8 Å². The molecule has 0 bridgehead atoms. The molecule has 6 heteroatoms. The molecule has 0 amide bonds. The van der Waals surface area contributed by atoms with Crippen LogP contribution in [0.25, 0.3) is 10.9 Å². The fraction of sp³-hybridized carbons (Fsp3) is 0.421. The molecular formula is C19H21N3O3. The number of rotatable bonds is 3. The molecule has 0 saturated carbocycles. The summed E-state index contributed by atoms with van der Waals surface area (Å²) in [6.45, 7) is 4.94. The number of benzene rings is 1. The number of piperidine rings is 1. The van der Waals surface area contributed by atoms with E-state index in [1.807, 2.05) is 6.07 Å². The standard InChI is InChI=1S/C19H21N3O3/c1-12(23)13-4-5-16-14(10-13)17(15(11-20)18(24)21-16)22-8-6-19(2,25-3)7-9-22/h4-5,10H,6-9H2,1-3H3,(H,21,24). The van der Waals surface area contributed by atoms with Gasteiger partial charge in [0.2, 0.25) is 0 Å². The van der Waals surface area contributed by atoms with Gasteiger partial charge >= 0.3 is 0 Å². The lowest BCUT2D eigenvalue weighted by Crippen LogP contribution is -2.44. The number of hydrogen-bond donors (Lipinski definition) is 1. The summed E-state index contributed by atoms with van der Waals surface area (Å²) < 4.78 is 5.58. The predicted octanol–water partition coefficient (Wildman–Crippen LogP) is 2.61. The van der Waals surface area contributed by atoms with Crippen molar-refractivity contribution in [1.82, 2.24) is 4.98 Å². The Kier molecular flexibility index (Phi) is 4.36. The van der Waals surface area contributed by atoms with E-state index in [0.29, 0.717) is 29.9 Å². The van der Waals surface area contributed by atoms with E-state index in [4.69, 9.17) is 4.74 Å². The van der Waals surface area contributed by atoms with Crippen molar-refractivity contribution in [3.8, 4) is 6.07 Å². The summed E-state index contributed by atoms with van der Waals surface area (Å²) in [6, 6.07) is 7.21. The first-order chi connectivity index (χ1) is 11.9. The molecule has 2 heterocycles. The largest absolute Gasteiger partial charge is 0.378 e. The number of H-pyrrole nitrogens is 1. The second kappa shape index (κ2) is 6.34. The average molecular weight is 339 g/mol. The van der Waals surface area contributed by atoms with Crippen LogP contribution in [-0.2, 0) is 4.74 Å². The number of methoxy groups -OCH3 is 1. The number of aromatic amines is 1. The van der Waals surface area contributed by atoms with E-state index in [1.165, 1.54) is 6.92 Å². The number of nitrogens with zero attached hydrogens (tertiary/aromatic N) is 2. The number of ether oxygens (including phenoxy) is 1. The van der Waals surface area contributed by atoms with Gasteiger partial charge in [0.05, 0.1) is 16.8 Å². The van der Waals surface area contributed by atoms with Gasteiger partial charge in [0.15, 0.2) is 5.78 Å². The van der Waals surface area contributed by atoms with Gasteiger partial charge in [0.1, 0.15) is 11.6 Å². The molecule has 0 aliphatic carbocycles. The number of nitrogens with one attached hydrogen (secondary N) is 1. The molecule has 1 aliphatic rings. The quantitative estimate of drug-likeness (QED) is 0.869. The van der Waals surface area contributed by atoms with Gasteiger partial charge in [-0.05, 0) is 44.9 Å². The minimum Gasteiger partial charge on any atom is -0.378 e. The fourth-order valence-electron chi connectivity index (χ4n) is 3.33. The number of Topliss-reactive ketones (excluding diaryl/α,β-unsaturated/α-hetero) is 1. The molecule has 25 heavy (non-hydrogen) atoms. The maximum atomic E-state index is 12.3. The third-order valence-corrected chi connectivity index (χ3v) is 5.14. The molecule has 1 N–H and O–H groups in total. The summed E-state index contributed by atoms with van der Waals surface area (Å²) in [5.41, 5.74) is 1.30. The van der Waals surface area contributed by atoms with Gasteiger partial charge in [-0.25, -0.2) is 0 Å². The van der Waals surface area contributed by atoms with Gasteiger partial charge in [-0.1, -0.05) is 0 Å². The topological polar surface area (TPSA) is 86.2 Å². The molecule has 0 radical (unpaired) electrons. The van der Waals surface area contributed by atoms with Gasteiger partial charge < -0.3 is 14.6 Å². The van der Waals surface area contributed by atoms with Crippen LogP contribution in [0.3, 0.4) is 0 Å². The summed E-state index contributed by atoms with van der Waals surface area (Å²) in [4.78, 5) is 28.9. The third-order valence-electron chi connectivity index (χ3n) is 5.14. The number of fused-ring (bicyclic) bond motifs is 1. The third kappa shape index (κ3) is 3.03. The molecule has 0 unspecified atom stereocenters. The number of ketones is 1. The number of aromatic nitrogens is 1. The first kappa shape index (κ1) is 17.2. The molecule has 0 atom stereocenters. The van der Waals surface area contributed by atoms with Crippen molar-refractivity contribution < 1.29 is 9.53 Å². The minimum atomic E-state index is -0.402. The lowest BCUT2D eigenvalue weighted by atomic mass is 9.92. The highest BCUT2D eigenvalue weighted by atomic mass is 16.5. The van der Waals surface area contributed by atoms with Crippen molar-refractivity contribution in [3.05, 3.63) is 39.7 Å². The van der Waals surface area contributed by atoms with Crippen LogP contribution in [0.2, 0.25) is 0 Å². The fourth-order valence-corrected chi connectivity index (χ4v) is 3.33. The SMILES string of the molecule is COC1(C)CCN(c2c(C#N)c(=O)[nH]c3ccc(C(C)=O)cc23)CC1. The first-order valence-corrected chi connectivity index (χ1v) is 8.30. The van der Waals surface area contributed by atoms with Crippen LogP contribution in [0.5, 0.6) is 0 Å². The maximum Gasteiger partial charge on any atom is 0.268 e. The van der Waals surface area contributed by atoms with E-state index < -0.39 is 5.56 Å². The predicted molar refractivity (Wildman–Crippen MR) is 96.1 cm³/mol. The molecule has 3 rings (SSSR count). The molecule has 0 spiro atoms. The molecule has 1 aromatic carbocycles. The van der Waals surface area contributed by atoms with Crippen molar-refractivity contribution >= 4 is 22.4 Å². The van der Waals surface area contributed by atoms with Crippen LogP contribution < -0.4 is 10.5 Å². The number of nitriles is 1. The Balaban J connectivity index is 2.18. The molecule has 1 fully saturated rings. The van der Waals surface area contributed by atoms with Gasteiger partial charge in [0, 0.05) is 31.1 Å². The number of anilines is 1. The van der Waals surface area contributed by atoms with Crippen LogP contribution in [0, 0.1) is 11.3 Å². The Morgan fingerprint density at radius 3 is 2.60 bits per heavy atom. The van der Waals surface area contributed by atoms with Crippen LogP contribution in [0.4, 0.5) is 5.69 Å². The van der Waals surface area contributed by atoms with E-state index in [1.54, 1.807) is 25.3 Å². The highest BCUT2D eigenvalue weighted by molar-refractivity contribution is 6.02. The highest BCUT2D eigenvalue weighted by Crippen LogP contribution is 2.33. The van der Waals surface area contributed by atoms with Crippen molar-refractivity contribution in [2.24, 2.45) is 0 Å². The first-order valence-electron chi connectivity index (χ1n) is 8.30. The number of carbonyl (C=O) groups is 1. The molecule has 6 nitrogen and oxygen atoms in total. The van der Waals surface area contributed by atoms with Crippen molar-refractivity contribution in [2.45, 2.75) is 32.3 Å². The lowest BCUT2D eigenvalue weighted by molar-refractivity contribution is -0.0132. The lowest BCUT2D eigenvalue weighted by Gasteiger charge is -2.40. The van der Waals surface area contributed by atoms with Crippen molar-refractivity contribution in [3.63, 3.8) is 0 Å². The van der Waals surface area contributed by atoms with Gasteiger partial charge in [-0.3, -0.25) is 9.59 Å². The van der Waals surface area contributed by atoms with Crippen molar-refractivity contribution in [1.29, 1.82) is 5.26 Å². The zero-order valence-electron chi connectivity index (χ0n) is 14.7. The number of hydrogen-bond acceptors (Lipinski definition) is 5. The second-order valence-corrected chi connectivity index (χ2v) is 6.75. The van der Waals surface area contributed by atoms with E-state index in [-0.39, 0.29) is 16.9 Å². The molecule has 1 aromatic heterocycles. The van der Waals surface area contributed by atoms with E-state index >= 15 is 0 Å². The zero-order valence-corrected chi connectivity index (χ0v) is 14.7. The van der Waals surface area contributed by atoms with E-state index in [0.717, 1.165) is 18.2 Å². The van der Waals surface area contributed by atoms with Crippen molar-refractivity contribution in [2.75, 3.05) is 25.1 Å². The molecule has 1 aliphatic heterocycles. The smallest absolute Gasteiger partial charge is 0.268 e. The number of carbonyl (C=O) groups excluding carboxylic acids is 1. The average Bonchev–Trinajstić information content (AvgIpc) is 2.61. The Labute approximate surface area is 146 Å². The Morgan fingerprint density at radius 2 is 2.04 bits per heavy atom. The van der Waals surface area contributed by atoms with Crippen LogP contribution in [0.15, 0.2) is 23.0 Å². The van der Waals surface area contributed by atoms with E-state index in [9.17, 15) is 14.9 Å². The summed E-state index contributed by atoms with van der Waals surface area (Å²) >= 11 is 0. The summed E-state index contributed by atoms with van der Waals surface area (Å²) in [7, 11) is 1.71. The molecule has 130 valence electrons. The van der Waals surface area contributed by atoms with Crippen LogP contribution >= 0.6 is 0 Å². The molecule has 2 aromatic rings. The monoisotopic (exact) mass is 339 g/mol. The number of pyridine rings is 1. The summed E-state index contributed by atoms with van der Waals surface area (Å²) in [6.07, 6.45) is 1.60. The van der Waals surface area contributed by atoms with Gasteiger partial charge in [0.25, 0.3) is 5.56 Å². The van der Waals surface area contributed by atoms with Crippen LogP contribution in [0.1, 0.15) is 42.6 Å². The minimum absolute atomic E-state index is 0.0526. The Morgan fingerprint density at radius 1 is 1.36 bits per heavy atom. The highest BCUT2D eigenvalue weighted by Gasteiger charge is 2.31. The Hall–Kier alpha value is -2.65. The van der Waals surface area contributed by atoms with Crippen LogP contribution in [-0.4, -0.2) is 36.6 Å². The Bertz CT molecular complexity index is 931. The maximum absolute atomic E-state index is 12.3. The second-order valence-electron chi connectivity index (χ2n) is 6.75. The van der Waals surface area contributed by atoms with Gasteiger partial charge in [-0.15, -0.1) is 0 Å². The summed E-state index contributed by atoms with van der Waals surface area (Å²) in [5, 5.41) is 10.3. The zero-order chi connectivity index (χ0) is 18.2. The summed E-state index contributed by atoms with van der Waals surface area (Å²) in [5.74, 6) is -0.0526. The normalized spacial score (nSPS) is 16.6. The molecule has 1 saturated heterocycles. The molecular weight excluding hydrogens is 318 g/mol. The van der Waals surface area contributed by atoms with Gasteiger partial charge in [-0.2, -0.15) is 5.26 Å².